The summed E-state index contributed by atoms with van der Waals surface area (Å²) in [6.07, 6.45) is 3.24. The summed E-state index contributed by atoms with van der Waals surface area (Å²) in [5.74, 6) is -0.652. The smallest absolute Gasteiger partial charge is 0.271 e. The topological polar surface area (TPSA) is 81.1 Å². The second kappa shape index (κ2) is 7.05. The summed E-state index contributed by atoms with van der Waals surface area (Å²) in [5, 5.41) is 12.3. The quantitative estimate of drug-likeness (QED) is 0.490. The van der Waals surface area contributed by atoms with E-state index in [9.17, 15) is 4.79 Å². The molecule has 31 heavy (non-hydrogen) atoms. The van der Waals surface area contributed by atoms with E-state index in [0.717, 1.165) is 15.8 Å². The van der Waals surface area contributed by atoms with Crippen molar-refractivity contribution < 1.29 is 13.9 Å². The van der Waals surface area contributed by atoms with E-state index < -0.39 is 5.82 Å². The predicted molar refractivity (Wildman–Crippen MR) is 119 cm³/mol. The molecule has 0 fully saturated rings. The SMILES string of the molecule is COc1c(Nc2cnn3c2C(=O)NCC3(C)C)ccc(-c2ccnc3ccsc23)c1F. The average Bonchev–Trinajstić information content (AvgIpc) is 3.39. The van der Waals surface area contributed by atoms with Crippen molar-refractivity contribution in [3.8, 4) is 16.9 Å². The summed E-state index contributed by atoms with van der Waals surface area (Å²) < 4.78 is 23.6. The van der Waals surface area contributed by atoms with E-state index in [-0.39, 0.29) is 17.2 Å². The van der Waals surface area contributed by atoms with Crippen molar-refractivity contribution in [2.45, 2.75) is 19.4 Å². The largest absolute Gasteiger partial charge is 0.492 e. The molecule has 4 heterocycles. The molecule has 0 radical (unpaired) electrons. The molecule has 0 aliphatic carbocycles. The van der Waals surface area contributed by atoms with Gasteiger partial charge in [-0.05, 0) is 43.5 Å². The van der Waals surface area contributed by atoms with Crippen LogP contribution in [0, 0.1) is 5.82 Å². The molecule has 0 saturated heterocycles. The maximum atomic E-state index is 15.5. The third-order valence-corrected chi connectivity index (χ3v) is 6.38. The lowest BCUT2D eigenvalue weighted by atomic mass is 10.0. The summed E-state index contributed by atoms with van der Waals surface area (Å²) in [7, 11) is 1.42. The van der Waals surface area contributed by atoms with Crippen LogP contribution in [0.15, 0.2) is 42.0 Å². The van der Waals surface area contributed by atoms with Crippen LogP contribution in [0.4, 0.5) is 15.8 Å². The van der Waals surface area contributed by atoms with Crippen LogP contribution in [0.25, 0.3) is 21.3 Å². The zero-order valence-electron chi connectivity index (χ0n) is 17.2. The van der Waals surface area contributed by atoms with Crippen molar-refractivity contribution in [3.05, 3.63) is 53.6 Å². The minimum Gasteiger partial charge on any atom is -0.492 e. The highest BCUT2D eigenvalue weighted by molar-refractivity contribution is 7.17. The number of halogens is 1. The van der Waals surface area contributed by atoms with Gasteiger partial charge in [0.05, 0.1) is 40.4 Å². The lowest BCUT2D eigenvalue weighted by Crippen LogP contribution is -2.48. The first-order valence-corrected chi connectivity index (χ1v) is 10.6. The molecule has 1 aliphatic heterocycles. The number of rotatable bonds is 4. The Morgan fingerprint density at radius 1 is 1.23 bits per heavy atom. The lowest BCUT2D eigenvalue weighted by molar-refractivity contribution is 0.0878. The van der Waals surface area contributed by atoms with Crippen molar-refractivity contribution in [1.82, 2.24) is 20.1 Å². The second-order valence-corrected chi connectivity index (χ2v) is 8.86. The number of nitrogens with one attached hydrogen (secondary N) is 2. The highest BCUT2D eigenvalue weighted by Crippen LogP contribution is 2.40. The van der Waals surface area contributed by atoms with Gasteiger partial charge >= 0.3 is 0 Å². The molecule has 1 aliphatic rings. The zero-order chi connectivity index (χ0) is 21.8. The number of nitrogens with zero attached hydrogens (tertiary/aromatic N) is 3. The number of thiophene rings is 1. The Balaban J connectivity index is 1.58. The van der Waals surface area contributed by atoms with Gasteiger partial charge in [-0.3, -0.25) is 14.5 Å². The Morgan fingerprint density at radius 3 is 2.87 bits per heavy atom. The molecule has 3 aromatic heterocycles. The first-order chi connectivity index (χ1) is 14.9. The number of amides is 1. The van der Waals surface area contributed by atoms with Crippen LogP contribution in [0.1, 0.15) is 24.3 Å². The molecule has 4 aromatic rings. The average molecular weight is 438 g/mol. The van der Waals surface area contributed by atoms with Gasteiger partial charge in [0.25, 0.3) is 5.91 Å². The number of hydrogen-bond donors (Lipinski definition) is 2. The Bertz CT molecular complexity index is 1330. The van der Waals surface area contributed by atoms with Crippen LogP contribution in [0.3, 0.4) is 0 Å². The fourth-order valence-corrected chi connectivity index (χ4v) is 4.74. The number of methoxy groups -OCH3 is 1. The van der Waals surface area contributed by atoms with Crippen molar-refractivity contribution in [2.24, 2.45) is 0 Å². The zero-order valence-corrected chi connectivity index (χ0v) is 18.0. The third kappa shape index (κ3) is 3.04. The molecule has 1 amide bonds. The number of carbonyl (C=O) groups is 1. The van der Waals surface area contributed by atoms with Gasteiger partial charge in [0.1, 0.15) is 5.69 Å². The fourth-order valence-electron chi connectivity index (χ4n) is 3.87. The molecule has 0 unspecified atom stereocenters. The minimum atomic E-state index is -0.487. The van der Waals surface area contributed by atoms with E-state index in [1.165, 1.54) is 18.4 Å². The van der Waals surface area contributed by atoms with E-state index in [4.69, 9.17) is 4.74 Å². The number of ether oxygens (including phenoxy) is 1. The molecule has 0 saturated carbocycles. The van der Waals surface area contributed by atoms with E-state index >= 15 is 4.39 Å². The number of aromatic nitrogens is 3. The minimum absolute atomic E-state index is 0.0643. The molecule has 7 nitrogen and oxygen atoms in total. The summed E-state index contributed by atoms with van der Waals surface area (Å²) in [5.41, 5.74) is 2.93. The molecule has 2 N–H and O–H groups in total. The molecule has 0 bridgehead atoms. The van der Waals surface area contributed by atoms with Crippen LogP contribution in [0.2, 0.25) is 0 Å². The monoisotopic (exact) mass is 437 g/mol. The van der Waals surface area contributed by atoms with Gasteiger partial charge in [-0.25, -0.2) is 4.39 Å². The number of anilines is 2. The molecular weight excluding hydrogens is 417 g/mol. The predicted octanol–water partition coefficient (Wildman–Crippen LogP) is 4.53. The molecular formula is C22H20FN5O2S. The molecule has 0 spiro atoms. The standard InChI is InChI=1S/C22H20FN5O2S/c1-22(2)11-25-21(29)18-16(10-26-28(18)22)27-14-5-4-12(17(23)19(14)30-3)13-6-8-24-15-7-9-31-20(13)15/h4-10,27H,11H2,1-3H3,(H,25,29). The number of pyridine rings is 1. The van der Waals surface area contributed by atoms with E-state index in [0.29, 0.717) is 29.2 Å². The summed E-state index contributed by atoms with van der Waals surface area (Å²) in [6.45, 7) is 4.46. The molecule has 0 atom stereocenters. The van der Waals surface area contributed by atoms with Crippen molar-refractivity contribution in [2.75, 3.05) is 19.0 Å². The van der Waals surface area contributed by atoms with E-state index in [1.807, 2.05) is 25.3 Å². The second-order valence-electron chi connectivity index (χ2n) is 7.94. The lowest BCUT2D eigenvalue weighted by Gasteiger charge is -2.32. The maximum absolute atomic E-state index is 15.5. The van der Waals surface area contributed by atoms with Crippen LogP contribution in [-0.4, -0.2) is 34.3 Å². The van der Waals surface area contributed by atoms with Gasteiger partial charge in [0, 0.05) is 23.9 Å². The van der Waals surface area contributed by atoms with Gasteiger partial charge in [0.2, 0.25) is 0 Å². The van der Waals surface area contributed by atoms with Crippen LogP contribution in [-0.2, 0) is 5.54 Å². The Kier molecular flexibility index (Phi) is 4.44. The Labute approximate surface area is 181 Å². The highest BCUT2D eigenvalue weighted by atomic mass is 32.1. The first-order valence-electron chi connectivity index (χ1n) is 9.73. The van der Waals surface area contributed by atoms with Crippen molar-refractivity contribution >= 4 is 38.8 Å². The number of benzene rings is 1. The maximum Gasteiger partial charge on any atom is 0.271 e. The van der Waals surface area contributed by atoms with Gasteiger partial charge in [-0.2, -0.15) is 5.10 Å². The van der Waals surface area contributed by atoms with Crippen LogP contribution in [0.5, 0.6) is 5.75 Å². The highest BCUT2D eigenvalue weighted by Gasteiger charge is 2.34. The number of carbonyl (C=O) groups excluding carboxylic acids is 1. The third-order valence-electron chi connectivity index (χ3n) is 5.44. The van der Waals surface area contributed by atoms with Crippen molar-refractivity contribution in [1.29, 1.82) is 0 Å². The van der Waals surface area contributed by atoms with Gasteiger partial charge in [-0.1, -0.05) is 0 Å². The Morgan fingerprint density at radius 2 is 2.06 bits per heavy atom. The molecule has 158 valence electrons. The Hall–Kier alpha value is -3.46. The summed E-state index contributed by atoms with van der Waals surface area (Å²) >= 11 is 1.51. The number of hydrogen-bond acceptors (Lipinski definition) is 6. The number of fused-ring (bicyclic) bond motifs is 2. The van der Waals surface area contributed by atoms with Gasteiger partial charge in [-0.15, -0.1) is 11.3 Å². The van der Waals surface area contributed by atoms with E-state index in [1.54, 1.807) is 35.3 Å². The van der Waals surface area contributed by atoms with Crippen LogP contribution >= 0.6 is 11.3 Å². The molecule has 1 aromatic carbocycles. The van der Waals surface area contributed by atoms with Crippen molar-refractivity contribution in [3.63, 3.8) is 0 Å². The summed E-state index contributed by atoms with van der Waals surface area (Å²) in [6, 6.07) is 7.15. The molecule has 9 heteroatoms. The molecule has 5 rings (SSSR count). The fraction of sp³-hybridized carbons (Fsp3) is 0.227. The normalized spacial score (nSPS) is 14.9. The van der Waals surface area contributed by atoms with E-state index in [2.05, 4.69) is 20.7 Å². The first kappa shape index (κ1) is 19.5. The van der Waals surface area contributed by atoms with Gasteiger partial charge in [0.15, 0.2) is 11.6 Å². The van der Waals surface area contributed by atoms with Crippen LogP contribution < -0.4 is 15.4 Å². The van der Waals surface area contributed by atoms with Gasteiger partial charge < -0.3 is 15.4 Å². The summed E-state index contributed by atoms with van der Waals surface area (Å²) in [4.78, 5) is 16.8.